The zero-order chi connectivity index (χ0) is 24.2. The molecule has 2 unspecified atom stereocenters. The van der Waals surface area contributed by atoms with E-state index in [-0.39, 0.29) is 42.7 Å². The monoisotopic (exact) mass is 464 g/mol. The van der Waals surface area contributed by atoms with Crippen molar-refractivity contribution in [3.05, 3.63) is 59.7 Å². The molecule has 3 atom stereocenters. The van der Waals surface area contributed by atoms with Gasteiger partial charge in [-0.1, -0.05) is 62.4 Å². The van der Waals surface area contributed by atoms with Crippen LogP contribution in [0.15, 0.2) is 48.5 Å². The summed E-state index contributed by atoms with van der Waals surface area (Å²) < 4.78 is 5.63. The average molecular weight is 465 g/mol. The van der Waals surface area contributed by atoms with Crippen molar-refractivity contribution in [3.8, 4) is 11.1 Å². The second-order valence-corrected chi connectivity index (χ2v) is 9.68. The summed E-state index contributed by atoms with van der Waals surface area (Å²) in [7, 11) is 0. The Labute approximate surface area is 199 Å². The van der Waals surface area contributed by atoms with Gasteiger partial charge in [0.1, 0.15) is 12.6 Å². The molecule has 7 nitrogen and oxygen atoms in total. The van der Waals surface area contributed by atoms with Crippen molar-refractivity contribution in [1.82, 2.24) is 10.6 Å². The Morgan fingerprint density at radius 3 is 2.21 bits per heavy atom. The molecular formula is C27H32N2O5. The van der Waals surface area contributed by atoms with Gasteiger partial charge < -0.3 is 20.5 Å². The van der Waals surface area contributed by atoms with E-state index >= 15 is 0 Å². The van der Waals surface area contributed by atoms with E-state index in [9.17, 15) is 19.5 Å². The fourth-order valence-electron chi connectivity index (χ4n) is 5.21. The lowest BCUT2D eigenvalue weighted by molar-refractivity contribution is -0.143. The van der Waals surface area contributed by atoms with Gasteiger partial charge in [-0.3, -0.25) is 4.79 Å². The van der Waals surface area contributed by atoms with Crippen LogP contribution in [-0.4, -0.2) is 41.8 Å². The Morgan fingerprint density at radius 2 is 1.62 bits per heavy atom. The molecule has 2 aliphatic carbocycles. The van der Waals surface area contributed by atoms with Crippen molar-refractivity contribution in [1.29, 1.82) is 0 Å². The summed E-state index contributed by atoms with van der Waals surface area (Å²) in [6, 6.07) is 15.5. The van der Waals surface area contributed by atoms with Gasteiger partial charge in [0, 0.05) is 18.4 Å². The lowest BCUT2D eigenvalue weighted by Crippen LogP contribution is -2.44. The number of carboxylic acids is 1. The molecule has 2 aromatic carbocycles. The topological polar surface area (TPSA) is 105 Å². The Kier molecular flexibility index (Phi) is 7.20. The molecule has 0 aliphatic heterocycles. The van der Waals surface area contributed by atoms with Gasteiger partial charge in [0.05, 0.1) is 0 Å². The summed E-state index contributed by atoms with van der Waals surface area (Å²) >= 11 is 0. The Balaban J connectivity index is 1.26. The molecule has 0 heterocycles. The molecule has 0 aromatic heterocycles. The largest absolute Gasteiger partial charge is 0.480 e. The van der Waals surface area contributed by atoms with E-state index in [0.717, 1.165) is 12.8 Å². The van der Waals surface area contributed by atoms with Gasteiger partial charge in [-0.05, 0) is 53.4 Å². The van der Waals surface area contributed by atoms with Crippen molar-refractivity contribution in [2.45, 2.75) is 57.5 Å². The van der Waals surface area contributed by atoms with Gasteiger partial charge in [-0.25, -0.2) is 9.59 Å². The first kappa shape index (κ1) is 23.8. The van der Waals surface area contributed by atoms with Crippen LogP contribution in [0.2, 0.25) is 0 Å². The van der Waals surface area contributed by atoms with Crippen LogP contribution in [0, 0.1) is 11.8 Å². The zero-order valence-corrected chi connectivity index (χ0v) is 19.6. The third kappa shape index (κ3) is 5.24. The molecule has 1 saturated carbocycles. The second-order valence-electron chi connectivity index (χ2n) is 9.68. The lowest BCUT2D eigenvalue weighted by Gasteiger charge is -2.19. The minimum absolute atomic E-state index is 0.0151. The van der Waals surface area contributed by atoms with Crippen molar-refractivity contribution in [3.63, 3.8) is 0 Å². The highest BCUT2D eigenvalue weighted by atomic mass is 16.5. The highest BCUT2D eigenvalue weighted by molar-refractivity contribution is 5.84. The number of aliphatic carboxylic acids is 1. The SMILES string of the molecule is CC(C)[C@H](NC(=O)CC1CCC(NC(=O)OCC2c3ccccc3-c3ccccc32)C1)C(=O)O. The number of alkyl carbamates (subject to hydrolysis) is 1. The van der Waals surface area contributed by atoms with E-state index in [0.29, 0.717) is 6.42 Å². The smallest absolute Gasteiger partial charge is 0.407 e. The minimum atomic E-state index is -1.02. The van der Waals surface area contributed by atoms with Crippen LogP contribution in [0.5, 0.6) is 0 Å². The lowest BCUT2D eigenvalue weighted by atomic mass is 9.98. The molecule has 2 amide bonds. The van der Waals surface area contributed by atoms with Crippen LogP contribution in [-0.2, 0) is 14.3 Å². The molecule has 0 bridgehead atoms. The van der Waals surface area contributed by atoms with Crippen LogP contribution in [0.4, 0.5) is 4.79 Å². The molecule has 1 fully saturated rings. The maximum absolute atomic E-state index is 12.5. The fraction of sp³-hybridized carbons (Fsp3) is 0.444. The highest BCUT2D eigenvalue weighted by Gasteiger charge is 2.32. The molecule has 3 N–H and O–H groups in total. The van der Waals surface area contributed by atoms with E-state index < -0.39 is 18.1 Å². The van der Waals surface area contributed by atoms with Crippen LogP contribution in [0.25, 0.3) is 11.1 Å². The number of hydrogen-bond acceptors (Lipinski definition) is 4. The second kappa shape index (κ2) is 10.3. The van der Waals surface area contributed by atoms with Crippen molar-refractivity contribution < 1.29 is 24.2 Å². The molecule has 180 valence electrons. The number of benzene rings is 2. The summed E-state index contributed by atoms with van der Waals surface area (Å²) in [4.78, 5) is 36.1. The molecule has 4 rings (SSSR count). The predicted octanol–water partition coefficient (Wildman–Crippen LogP) is 4.31. The van der Waals surface area contributed by atoms with E-state index in [1.807, 2.05) is 24.3 Å². The van der Waals surface area contributed by atoms with Crippen molar-refractivity contribution in [2.75, 3.05) is 6.61 Å². The molecule has 2 aromatic rings. The summed E-state index contributed by atoms with van der Waals surface area (Å²) in [6.45, 7) is 3.80. The molecule has 2 aliphatic rings. The molecule has 0 spiro atoms. The summed E-state index contributed by atoms with van der Waals surface area (Å²) in [5, 5.41) is 14.8. The standard InChI is InChI=1S/C27H32N2O5/c1-16(2)25(26(31)32)29-24(30)14-17-11-12-18(13-17)28-27(33)34-15-23-21-9-5-3-7-19(21)20-8-4-6-10-22(20)23/h3-10,16-18,23,25H,11-15H2,1-2H3,(H,28,33)(H,29,30)(H,31,32)/t17?,18?,25-/m0/s1. The van der Waals surface area contributed by atoms with Crippen molar-refractivity contribution in [2.24, 2.45) is 11.8 Å². The predicted molar refractivity (Wildman–Crippen MR) is 128 cm³/mol. The number of carboxylic acid groups (broad SMARTS) is 1. The average Bonchev–Trinajstić information content (AvgIpc) is 3.37. The quantitative estimate of drug-likeness (QED) is 0.540. The summed E-state index contributed by atoms with van der Waals surface area (Å²) in [6.07, 6.45) is 2.08. The van der Waals surface area contributed by atoms with E-state index in [1.165, 1.54) is 22.3 Å². The van der Waals surface area contributed by atoms with Crippen LogP contribution >= 0.6 is 0 Å². The number of amides is 2. The van der Waals surface area contributed by atoms with Crippen LogP contribution in [0.1, 0.15) is 56.6 Å². The number of carbonyl (C=O) groups excluding carboxylic acids is 2. The Bertz CT molecular complexity index is 1020. The van der Waals surface area contributed by atoms with Crippen LogP contribution in [0.3, 0.4) is 0 Å². The maximum Gasteiger partial charge on any atom is 0.407 e. The van der Waals surface area contributed by atoms with Gasteiger partial charge in [0.25, 0.3) is 0 Å². The normalized spacial score (nSPS) is 19.9. The number of fused-ring (bicyclic) bond motifs is 3. The van der Waals surface area contributed by atoms with Gasteiger partial charge in [0.2, 0.25) is 5.91 Å². The number of hydrogen-bond donors (Lipinski definition) is 3. The number of ether oxygens (including phenoxy) is 1. The molecular weight excluding hydrogens is 432 g/mol. The van der Waals surface area contributed by atoms with Gasteiger partial charge in [-0.15, -0.1) is 0 Å². The Hall–Kier alpha value is -3.35. The highest BCUT2D eigenvalue weighted by Crippen LogP contribution is 2.44. The maximum atomic E-state index is 12.5. The van der Waals surface area contributed by atoms with Gasteiger partial charge >= 0.3 is 12.1 Å². The minimum Gasteiger partial charge on any atom is -0.480 e. The molecule has 0 saturated heterocycles. The van der Waals surface area contributed by atoms with E-state index in [2.05, 4.69) is 34.9 Å². The fourth-order valence-corrected chi connectivity index (χ4v) is 5.21. The third-order valence-corrected chi connectivity index (χ3v) is 6.93. The van der Waals surface area contributed by atoms with E-state index in [1.54, 1.807) is 13.8 Å². The third-order valence-electron chi connectivity index (χ3n) is 6.93. The first-order valence-electron chi connectivity index (χ1n) is 12.0. The summed E-state index contributed by atoms with van der Waals surface area (Å²) in [5.41, 5.74) is 4.72. The van der Waals surface area contributed by atoms with Crippen molar-refractivity contribution >= 4 is 18.0 Å². The van der Waals surface area contributed by atoms with Gasteiger partial charge in [0.15, 0.2) is 0 Å². The molecule has 0 radical (unpaired) electrons. The summed E-state index contributed by atoms with van der Waals surface area (Å²) in [5.74, 6) is -1.34. The van der Waals surface area contributed by atoms with Crippen LogP contribution < -0.4 is 10.6 Å². The number of nitrogens with one attached hydrogen (secondary N) is 2. The van der Waals surface area contributed by atoms with Gasteiger partial charge in [-0.2, -0.15) is 0 Å². The molecule has 34 heavy (non-hydrogen) atoms. The first-order chi connectivity index (χ1) is 16.3. The number of rotatable bonds is 8. The Morgan fingerprint density at radius 1 is 1.00 bits per heavy atom. The number of carbonyl (C=O) groups is 3. The molecule has 7 heteroatoms. The first-order valence-corrected chi connectivity index (χ1v) is 12.0. The van der Waals surface area contributed by atoms with E-state index in [4.69, 9.17) is 4.74 Å². The zero-order valence-electron chi connectivity index (χ0n) is 19.6.